The summed E-state index contributed by atoms with van der Waals surface area (Å²) in [7, 11) is 0. The summed E-state index contributed by atoms with van der Waals surface area (Å²) in [6.45, 7) is 2.63. The second-order valence-electron chi connectivity index (χ2n) is 6.86. The molecule has 1 amide bonds. The predicted octanol–water partition coefficient (Wildman–Crippen LogP) is 3.51. The number of benzene rings is 2. The van der Waals surface area contributed by atoms with E-state index in [-0.39, 0.29) is 11.6 Å². The Labute approximate surface area is 168 Å². The molecule has 146 valence electrons. The van der Waals surface area contributed by atoms with E-state index < -0.39 is 4.92 Å². The number of nitro benzene ring substituents is 1. The molecule has 0 unspecified atom stereocenters. The molecule has 3 aromatic rings. The van der Waals surface area contributed by atoms with Gasteiger partial charge < -0.3 is 9.80 Å². The largest absolute Gasteiger partial charge is 0.353 e. The lowest BCUT2D eigenvalue weighted by atomic mass is 10.2. The van der Waals surface area contributed by atoms with Crippen LogP contribution in [0.5, 0.6) is 0 Å². The van der Waals surface area contributed by atoms with Gasteiger partial charge in [-0.1, -0.05) is 30.3 Å². The smallest absolute Gasteiger partial charge is 0.270 e. The number of carbonyl (C=O) groups excluding carboxylic acids is 1. The summed E-state index contributed by atoms with van der Waals surface area (Å²) in [4.78, 5) is 31.6. The number of pyridine rings is 1. The van der Waals surface area contributed by atoms with Gasteiger partial charge in [0.2, 0.25) is 5.91 Å². The minimum atomic E-state index is -0.445. The van der Waals surface area contributed by atoms with Gasteiger partial charge in [0.1, 0.15) is 5.82 Å². The van der Waals surface area contributed by atoms with Crippen LogP contribution in [0.3, 0.4) is 0 Å². The van der Waals surface area contributed by atoms with Gasteiger partial charge in [0.25, 0.3) is 5.69 Å². The first-order valence-corrected chi connectivity index (χ1v) is 9.42. The molecule has 7 nitrogen and oxygen atoms in total. The van der Waals surface area contributed by atoms with Gasteiger partial charge in [-0.05, 0) is 29.8 Å². The van der Waals surface area contributed by atoms with Crippen molar-refractivity contribution in [3.63, 3.8) is 0 Å². The minimum absolute atomic E-state index is 0.0103. The van der Waals surface area contributed by atoms with Gasteiger partial charge in [-0.3, -0.25) is 14.9 Å². The van der Waals surface area contributed by atoms with E-state index in [0.717, 1.165) is 16.7 Å². The van der Waals surface area contributed by atoms with E-state index in [4.69, 9.17) is 4.98 Å². The van der Waals surface area contributed by atoms with Crippen molar-refractivity contribution < 1.29 is 9.72 Å². The van der Waals surface area contributed by atoms with Gasteiger partial charge in [0, 0.05) is 49.8 Å². The summed E-state index contributed by atoms with van der Waals surface area (Å²) >= 11 is 0. The monoisotopic (exact) mass is 388 g/mol. The molecule has 1 fully saturated rings. The van der Waals surface area contributed by atoms with E-state index in [0.29, 0.717) is 31.7 Å². The van der Waals surface area contributed by atoms with E-state index in [1.165, 1.54) is 18.2 Å². The molecule has 29 heavy (non-hydrogen) atoms. The minimum Gasteiger partial charge on any atom is -0.353 e. The summed E-state index contributed by atoms with van der Waals surface area (Å²) in [5.41, 5.74) is 1.60. The molecule has 4 rings (SSSR count). The van der Waals surface area contributed by atoms with Crippen LogP contribution in [-0.2, 0) is 4.79 Å². The number of anilines is 1. The summed E-state index contributed by atoms with van der Waals surface area (Å²) in [6.07, 6.45) is 3.09. The number of hydrogen-bond acceptors (Lipinski definition) is 5. The van der Waals surface area contributed by atoms with Crippen LogP contribution in [0.15, 0.2) is 66.7 Å². The average Bonchev–Trinajstić information content (AvgIpc) is 2.77. The number of hydrogen-bond donors (Lipinski definition) is 0. The second-order valence-corrected chi connectivity index (χ2v) is 6.86. The van der Waals surface area contributed by atoms with E-state index in [1.54, 1.807) is 23.1 Å². The van der Waals surface area contributed by atoms with Crippen LogP contribution in [0.4, 0.5) is 11.5 Å². The first-order valence-electron chi connectivity index (χ1n) is 9.42. The van der Waals surface area contributed by atoms with E-state index in [2.05, 4.69) is 11.0 Å². The van der Waals surface area contributed by atoms with Crippen molar-refractivity contribution in [2.75, 3.05) is 31.1 Å². The predicted molar refractivity (Wildman–Crippen MR) is 113 cm³/mol. The van der Waals surface area contributed by atoms with Gasteiger partial charge in [-0.15, -0.1) is 0 Å². The van der Waals surface area contributed by atoms with Gasteiger partial charge in [0.05, 0.1) is 10.4 Å². The number of para-hydroxylation sites is 1. The average molecular weight is 388 g/mol. The van der Waals surface area contributed by atoms with E-state index in [1.807, 2.05) is 30.3 Å². The standard InChI is InChI=1S/C22H20N4O3/c27-22(11-8-17-4-3-6-19(16-17)26(28)29)25-14-12-24(13-15-25)21-10-9-18-5-1-2-7-20(18)23-21/h1-11,16H,12-15H2/b11-8+. The van der Waals surface area contributed by atoms with Crippen LogP contribution in [0.25, 0.3) is 17.0 Å². The van der Waals surface area contributed by atoms with E-state index in [9.17, 15) is 14.9 Å². The Bertz CT molecular complexity index is 1090. The molecular formula is C22H20N4O3. The van der Waals surface area contributed by atoms with Crippen molar-refractivity contribution >= 4 is 34.4 Å². The number of nitro groups is 1. The molecule has 1 aliphatic heterocycles. The van der Waals surface area contributed by atoms with Crippen molar-refractivity contribution in [1.82, 2.24) is 9.88 Å². The third-order valence-electron chi connectivity index (χ3n) is 5.00. The zero-order valence-corrected chi connectivity index (χ0v) is 15.8. The Kier molecular flexibility index (Phi) is 5.20. The molecule has 0 atom stereocenters. The molecule has 7 heteroatoms. The zero-order valence-electron chi connectivity index (χ0n) is 15.8. The zero-order chi connectivity index (χ0) is 20.2. The number of carbonyl (C=O) groups is 1. The Morgan fingerprint density at radius 1 is 1.00 bits per heavy atom. The van der Waals surface area contributed by atoms with E-state index >= 15 is 0 Å². The molecule has 0 N–H and O–H groups in total. The molecule has 0 saturated carbocycles. The van der Waals surface area contributed by atoms with Crippen molar-refractivity contribution in [1.29, 1.82) is 0 Å². The van der Waals surface area contributed by atoms with Gasteiger partial charge >= 0.3 is 0 Å². The fourth-order valence-electron chi connectivity index (χ4n) is 3.40. The fraction of sp³-hybridized carbons (Fsp3) is 0.182. The maximum atomic E-state index is 12.5. The Morgan fingerprint density at radius 3 is 2.59 bits per heavy atom. The number of fused-ring (bicyclic) bond motifs is 1. The molecule has 0 bridgehead atoms. The lowest BCUT2D eigenvalue weighted by molar-refractivity contribution is -0.384. The van der Waals surface area contributed by atoms with Gasteiger partial charge in [-0.2, -0.15) is 0 Å². The van der Waals surface area contributed by atoms with Crippen LogP contribution in [0.2, 0.25) is 0 Å². The first kappa shape index (κ1) is 18.6. The lowest BCUT2D eigenvalue weighted by Gasteiger charge is -2.35. The highest BCUT2D eigenvalue weighted by Crippen LogP contribution is 2.19. The van der Waals surface area contributed by atoms with Crippen LogP contribution >= 0.6 is 0 Å². The summed E-state index contributed by atoms with van der Waals surface area (Å²) in [6, 6.07) is 18.3. The Hall–Kier alpha value is -3.74. The van der Waals surface area contributed by atoms with Crippen LogP contribution in [0.1, 0.15) is 5.56 Å². The van der Waals surface area contributed by atoms with Crippen LogP contribution in [0, 0.1) is 10.1 Å². The molecule has 0 spiro atoms. The number of aromatic nitrogens is 1. The molecular weight excluding hydrogens is 368 g/mol. The van der Waals surface area contributed by atoms with Gasteiger partial charge in [0.15, 0.2) is 0 Å². The SMILES string of the molecule is O=C(/C=C/c1cccc([N+](=O)[O-])c1)N1CCN(c2ccc3ccccc3n2)CC1. The van der Waals surface area contributed by atoms with Crippen molar-refractivity contribution in [2.45, 2.75) is 0 Å². The Balaban J connectivity index is 1.38. The number of rotatable bonds is 4. The maximum Gasteiger partial charge on any atom is 0.270 e. The summed E-state index contributed by atoms with van der Waals surface area (Å²) in [5.74, 6) is 0.825. The highest BCUT2D eigenvalue weighted by atomic mass is 16.6. The molecule has 1 aromatic heterocycles. The second kappa shape index (κ2) is 8.10. The maximum absolute atomic E-state index is 12.5. The topological polar surface area (TPSA) is 79.6 Å². The van der Waals surface area contributed by atoms with Crippen LogP contribution < -0.4 is 4.90 Å². The molecule has 1 aliphatic rings. The highest BCUT2D eigenvalue weighted by molar-refractivity contribution is 5.92. The first-order chi connectivity index (χ1) is 14.1. The number of non-ortho nitro benzene ring substituents is 1. The molecule has 2 heterocycles. The number of amides is 1. The molecule has 0 radical (unpaired) electrons. The lowest BCUT2D eigenvalue weighted by Crippen LogP contribution is -2.48. The summed E-state index contributed by atoms with van der Waals surface area (Å²) < 4.78 is 0. The summed E-state index contributed by atoms with van der Waals surface area (Å²) in [5, 5.41) is 12.0. The Morgan fingerprint density at radius 2 is 1.79 bits per heavy atom. The highest BCUT2D eigenvalue weighted by Gasteiger charge is 2.20. The number of nitrogens with zero attached hydrogens (tertiary/aromatic N) is 4. The van der Waals surface area contributed by atoms with Crippen molar-refractivity contribution in [3.05, 3.63) is 82.4 Å². The third-order valence-corrected chi connectivity index (χ3v) is 5.00. The normalized spacial score (nSPS) is 14.5. The quantitative estimate of drug-likeness (QED) is 0.388. The molecule has 1 saturated heterocycles. The molecule has 2 aromatic carbocycles. The van der Waals surface area contributed by atoms with Gasteiger partial charge in [-0.25, -0.2) is 4.98 Å². The van der Waals surface area contributed by atoms with Crippen LogP contribution in [-0.4, -0.2) is 46.9 Å². The fourth-order valence-corrected chi connectivity index (χ4v) is 3.40. The number of piperazine rings is 1. The van der Waals surface area contributed by atoms with Crippen molar-refractivity contribution in [2.24, 2.45) is 0 Å². The molecule has 0 aliphatic carbocycles. The van der Waals surface area contributed by atoms with Crippen molar-refractivity contribution in [3.8, 4) is 0 Å². The third kappa shape index (κ3) is 4.24.